The maximum absolute atomic E-state index is 12.8. The van der Waals surface area contributed by atoms with Crippen molar-refractivity contribution in [2.75, 3.05) is 7.05 Å². The molecule has 4 aliphatic rings. The molecule has 4 atom stereocenters. The van der Waals surface area contributed by atoms with Gasteiger partial charge >= 0.3 is 0 Å². The van der Waals surface area contributed by atoms with E-state index in [1.807, 2.05) is 0 Å². The Balaban J connectivity index is 1.33. The van der Waals surface area contributed by atoms with E-state index < -0.39 is 0 Å². The highest BCUT2D eigenvalue weighted by molar-refractivity contribution is 5.81. The standard InChI is InChI=1S/C18H30N2O/c1-20(15-9-13-7-8-14(10-15)19-13)18(21)17-11-16(17)12-5-3-2-4-6-12/h12-17,19H,2-11H2,1H3. The summed E-state index contributed by atoms with van der Waals surface area (Å²) in [4.78, 5) is 14.9. The molecule has 118 valence electrons. The lowest BCUT2D eigenvalue weighted by Crippen LogP contribution is -2.49. The van der Waals surface area contributed by atoms with E-state index in [1.165, 1.54) is 64.2 Å². The fraction of sp³-hybridized carbons (Fsp3) is 0.944. The van der Waals surface area contributed by atoms with Crippen LogP contribution in [0.2, 0.25) is 0 Å². The van der Waals surface area contributed by atoms with Crippen molar-refractivity contribution < 1.29 is 4.79 Å². The van der Waals surface area contributed by atoms with Crippen LogP contribution in [0.4, 0.5) is 0 Å². The summed E-state index contributed by atoms with van der Waals surface area (Å²) in [6, 6.07) is 1.86. The molecule has 2 aliphatic heterocycles. The molecule has 3 nitrogen and oxygen atoms in total. The molecule has 0 aromatic heterocycles. The van der Waals surface area contributed by atoms with Gasteiger partial charge in [-0.2, -0.15) is 0 Å². The summed E-state index contributed by atoms with van der Waals surface area (Å²) < 4.78 is 0. The highest BCUT2D eigenvalue weighted by Gasteiger charge is 2.49. The van der Waals surface area contributed by atoms with E-state index in [9.17, 15) is 4.79 Å². The molecule has 1 amide bonds. The molecule has 21 heavy (non-hydrogen) atoms. The SMILES string of the molecule is CN(C(=O)C1CC1C1CCCCC1)C1CC2CCC(C1)N2. The number of fused-ring (bicyclic) bond motifs is 2. The largest absolute Gasteiger partial charge is 0.342 e. The summed E-state index contributed by atoms with van der Waals surface area (Å²) in [6.45, 7) is 0. The van der Waals surface area contributed by atoms with Crippen LogP contribution in [0, 0.1) is 17.8 Å². The lowest BCUT2D eigenvalue weighted by molar-refractivity contribution is -0.134. The van der Waals surface area contributed by atoms with Gasteiger partial charge < -0.3 is 10.2 Å². The molecular formula is C18H30N2O. The van der Waals surface area contributed by atoms with Crippen molar-refractivity contribution >= 4 is 5.91 Å². The van der Waals surface area contributed by atoms with Gasteiger partial charge in [-0.25, -0.2) is 0 Å². The highest BCUT2D eigenvalue weighted by Crippen LogP contribution is 2.50. The topological polar surface area (TPSA) is 32.3 Å². The zero-order valence-electron chi connectivity index (χ0n) is 13.4. The van der Waals surface area contributed by atoms with Gasteiger partial charge in [0.2, 0.25) is 5.91 Å². The Labute approximate surface area is 128 Å². The van der Waals surface area contributed by atoms with E-state index >= 15 is 0 Å². The van der Waals surface area contributed by atoms with Crippen molar-refractivity contribution in [3.63, 3.8) is 0 Å². The third-order valence-electron chi connectivity index (χ3n) is 6.76. The molecule has 1 N–H and O–H groups in total. The first-order valence-corrected chi connectivity index (χ1v) is 9.25. The number of amides is 1. The van der Waals surface area contributed by atoms with E-state index in [0.29, 0.717) is 30.0 Å². The highest BCUT2D eigenvalue weighted by atomic mass is 16.2. The molecule has 4 fully saturated rings. The van der Waals surface area contributed by atoms with Crippen LogP contribution in [0.5, 0.6) is 0 Å². The molecule has 2 bridgehead atoms. The number of hydrogen-bond donors (Lipinski definition) is 1. The van der Waals surface area contributed by atoms with Gasteiger partial charge in [0.1, 0.15) is 0 Å². The second-order valence-corrected chi connectivity index (χ2v) is 8.12. The summed E-state index contributed by atoms with van der Waals surface area (Å²) in [6.07, 6.45) is 13.2. The van der Waals surface area contributed by atoms with Gasteiger partial charge in [0.15, 0.2) is 0 Å². The smallest absolute Gasteiger partial charge is 0.225 e. The average molecular weight is 290 g/mol. The molecule has 0 aromatic carbocycles. The van der Waals surface area contributed by atoms with E-state index in [0.717, 1.165) is 11.8 Å². The van der Waals surface area contributed by atoms with E-state index in [-0.39, 0.29) is 0 Å². The Hall–Kier alpha value is -0.570. The summed E-state index contributed by atoms with van der Waals surface area (Å²) in [5, 5.41) is 3.68. The van der Waals surface area contributed by atoms with Gasteiger partial charge in [0.05, 0.1) is 0 Å². The van der Waals surface area contributed by atoms with Crippen molar-refractivity contribution in [2.45, 2.75) is 82.3 Å². The van der Waals surface area contributed by atoms with Crippen LogP contribution in [-0.2, 0) is 4.79 Å². The number of carbonyl (C=O) groups is 1. The second kappa shape index (κ2) is 5.57. The molecule has 2 saturated carbocycles. The molecule has 0 aromatic rings. The maximum Gasteiger partial charge on any atom is 0.225 e. The van der Waals surface area contributed by atoms with Crippen LogP contribution in [-0.4, -0.2) is 36.0 Å². The molecule has 2 aliphatic carbocycles. The summed E-state index contributed by atoms with van der Waals surface area (Å²) >= 11 is 0. The average Bonchev–Trinajstić information content (AvgIpc) is 3.26. The Bertz CT molecular complexity index is 392. The normalized spacial score (nSPS) is 42.8. The minimum Gasteiger partial charge on any atom is -0.342 e. The Kier molecular flexibility index (Phi) is 3.72. The van der Waals surface area contributed by atoms with Crippen LogP contribution < -0.4 is 5.32 Å². The van der Waals surface area contributed by atoms with Gasteiger partial charge in [-0.15, -0.1) is 0 Å². The van der Waals surface area contributed by atoms with Gasteiger partial charge in [-0.3, -0.25) is 4.79 Å². The van der Waals surface area contributed by atoms with Gasteiger partial charge in [-0.05, 0) is 43.9 Å². The van der Waals surface area contributed by atoms with Crippen LogP contribution in [0.3, 0.4) is 0 Å². The summed E-state index contributed by atoms with van der Waals surface area (Å²) in [7, 11) is 2.08. The van der Waals surface area contributed by atoms with Gasteiger partial charge in [0, 0.05) is 31.1 Å². The number of piperidine rings is 1. The third kappa shape index (κ3) is 2.74. The molecular weight excluding hydrogens is 260 g/mol. The van der Waals surface area contributed by atoms with Gasteiger partial charge in [-0.1, -0.05) is 32.1 Å². The Morgan fingerprint density at radius 2 is 1.62 bits per heavy atom. The van der Waals surface area contributed by atoms with Crippen LogP contribution >= 0.6 is 0 Å². The van der Waals surface area contributed by atoms with Crippen LogP contribution in [0.25, 0.3) is 0 Å². The van der Waals surface area contributed by atoms with Crippen molar-refractivity contribution in [3.05, 3.63) is 0 Å². The monoisotopic (exact) mass is 290 g/mol. The second-order valence-electron chi connectivity index (χ2n) is 8.12. The third-order valence-corrected chi connectivity index (χ3v) is 6.76. The maximum atomic E-state index is 12.8. The minimum absolute atomic E-state index is 0.380. The first-order valence-electron chi connectivity index (χ1n) is 9.25. The molecule has 0 radical (unpaired) electrons. The van der Waals surface area contributed by atoms with Crippen molar-refractivity contribution in [2.24, 2.45) is 17.8 Å². The number of nitrogens with zero attached hydrogens (tertiary/aromatic N) is 1. The fourth-order valence-corrected chi connectivity index (χ4v) is 5.37. The molecule has 2 saturated heterocycles. The number of carbonyl (C=O) groups excluding carboxylic acids is 1. The number of nitrogens with one attached hydrogen (secondary N) is 1. The lowest BCUT2D eigenvalue weighted by atomic mass is 9.85. The molecule has 4 rings (SSSR count). The molecule has 3 heteroatoms. The van der Waals surface area contributed by atoms with Crippen LogP contribution in [0.15, 0.2) is 0 Å². The first kappa shape index (κ1) is 14.0. The van der Waals surface area contributed by atoms with E-state index in [4.69, 9.17) is 0 Å². The van der Waals surface area contributed by atoms with E-state index in [2.05, 4.69) is 17.3 Å². The summed E-state index contributed by atoms with van der Waals surface area (Å²) in [5.41, 5.74) is 0. The predicted molar refractivity (Wildman–Crippen MR) is 83.9 cm³/mol. The van der Waals surface area contributed by atoms with E-state index in [1.54, 1.807) is 0 Å². The zero-order chi connectivity index (χ0) is 14.4. The molecule has 4 unspecified atom stereocenters. The quantitative estimate of drug-likeness (QED) is 0.867. The molecule has 2 heterocycles. The first-order chi connectivity index (χ1) is 10.2. The Morgan fingerprint density at radius 3 is 2.29 bits per heavy atom. The van der Waals surface area contributed by atoms with Crippen molar-refractivity contribution in [1.82, 2.24) is 10.2 Å². The van der Waals surface area contributed by atoms with Crippen molar-refractivity contribution in [1.29, 1.82) is 0 Å². The summed E-state index contributed by atoms with van der Waals surface area (Å²) in [5.74, 6) is 2.45. The Morgan fingerprint density at radius 1 is 0.952 bits per heavy atom. The van der Waals surface area contributed by atoms with Crippen LogP contribution in [0.1, 0.15) is 64.2 Å². The number of hydrogen-bond acceptors (Lipinski definition) is 2. The van der Waals surface area contributed by atoms with Crippen molar-refractivity contribution in [3.8, 4) is 0 Å². The molecule has 0 spiro atoms. The minimum atomic E-state index is 0.380. The predicted octanol–water partition coefficient (Wildman–Crippen LogP) is 2.94. The fourth-order valence-electron chi connectivity index (χ4n) is 5.37. The lowest BCUT2D eigenvalue weighted by Gasteiger charge is -2.36. The van der Waals surface area contributed by atoms with Gasteiger partial charge in [0.25, 0.3) is 0 Å². The number of rotatable bonds is 3. The zero-order valence-corrected chi connectivity index (χ0v) is 13.4.